The summed E-state index contributed by atoms with van der Waals surface area (Å²) in [5.41, 5.74) is 5.09. The number of fused-ring (bicyclic) bond motifs is 3. The first-order valence-electron chi connectivity index (χ1n) is 18.6. The number of furan rings is 1. The largest absolute Gasteiger partial charge is 0.486 e. The summed E-state index contributed by atoms with van der Waals surface area (Å²) >= 11 is 0. The van der Waals surface area contributed by atoms with Gasteiger partial charge < -0.3 is 14.4 Å². The monoisotopic (exact) mass is 808 g/mol. The molecule has 7 rings (SSSR count). The van der Waals surface area contributed by atoms with Crippen LogP contribution in [0.15, 0.2) is 83.7 Å². The standard InChI is InChI=1S/C23H21N2O.C17H22NSi.Ir/c1-15-12-21(25-14-17(15)13-16-6-2-3-7-16)20-9-4-8-18-19-10-5-11-24-23(19)26-22(18)20;1-13(2)15-11-16(14-9-7-6-8-10-14)18-12-17(15)19(3,4)5;/h4-5,8,10-12,14,16H,2-3,6-7,13H2,1H3;6-9,11-13H,1-5H3;/q2*-1;/i1D3,13D2;13D;. The first kappa shape index (κ1) is 26.6. The van der Waals surface area contributed by atoms with Crippen LogP contribution in [0.1, 0.15) is 70.3 Å². The third-order valence-electron chi connectivity index (χ3n) is 8.32. The van der Waals surface area contributed by atoms with E-state index in [2.05, 4.69) is 52.8 Å². The maximum Gasteiger partial charge on any atom is 0.216 e. The average Bonchev–Trinajstić information content (AvgIpc) is 3.77. The SMILES string of the molecule is [2H]C(C)(C)c1cc(-c2[c-]cccc2)ncc1[Si](C)(C)C.[2H]C([2H])([2H])c1cc(-c2[c-]ccc3c2oc2ncccc23)ncc1C([2H])([2H])C1CCCC1.[Ir]. The van der Waals surface area contributed by atoms with Gasteiger partial charge in [-0.25, -0.2) is 4.98 Å². The molecule has 0 bridgehead atoms. The Balaban J connectivity index is 0.000000217. The Bertz CT molecular complexity index is 2170. The van der Waals surface area contributed by atoms with E-state index < -0.39 is 27.2 Å². The fourth-order valence-electron chi connectivity index (χ4n) is 5.93. The molecule has 0 saturated heterocycles. The molecule has 4 aromatic heterocycles. The number of aromatic nitrogens is 3. The normalized spacial score (nSPS) is 16.3. The minimum atomic E-state index is -2.47. The molecule has 2 aromatic carbocycles. The van der Waals surface area contributed by atoms with Crippen LogP contribution in [-0.2, 0) is 26.5 Å². The van der Waals surface area contributed by atoms with Gasteiger partial charge in [0.1, 0.15) is 0 Å². The molecule has 1 aliphatic carbocycles. The van der Waals surface area contributed by atoms with Crippen molar-refractivity contribution in [3.63, 3.8) is 0 Å². The van der Waals surface area contributed by atoms with E-state index in [0.29, 0.717) is 22.6 Å². The molecule has 0 unspecified atom stereocenters. The molecule has 6 aromatic rings. The summed E-state index contributed by atoms with van der Waals surface area (Å²) < 4.78 is 56.0. The maximum atomic E-state index is 8.71. The zero-order chi connectivity index (χ0) is 36.8. The fraction of sp³-hybridized carbons (Fsp3) is 0.325. The van der Waals surface area contributed by atoms with Gasteiger partial charge in [-0.05, 0) is 59.3 Å². The quantitative estimate of drug-likeness (QED) is 0.124. The molecule has 0 atom stereocenters. The number of pyridine rings is 3. The van der Waals surface area contributed by atoms with E-state index in [4.69, 9.17) is 12.6 Å². The number of nitrogens with zero attached hydrogens (tertiary/aromatic N) is 3. The van der Waals surface area contributed by atoms with Crippen LogP contribution in [0.4, 0.5) is 0 Å². The van der Waals surface area contributed by atoms with E-state index in [0.717, 1.165) is 53.3 Å². The molecule has 0 spiro atoms. The Morgan fingerprint density at radius 1 is 0.957 bits per heavy atom. The van der Waals surface area contributed by atoms with Gasteiger partial charge in [-0.2, -0.15) is 0 Å². The van der Waals surface area contributed by atoms with E-state index in [1.807, 2.05) is 62.5 Å². The summed E-state index contributed by atoms with van der Waals surface area (Å²) in [6.07, 6.45) is 6.73. The molecule has 4 heterocycles. The van der Waals surface area contributed by atoms with E-state index in [-0.39, 0.29) is 37.2 Å². The van der Waals surface area contributed by atoms with Crippen molar-refractivity contribution < 1.29 is 32.7 Å². The van der Waals surface area contributed by atoms with Gasteiger partial charge in [0.05, 0.1) is 13.7 Å². The topological polar surface area (TPSA) is 51.8 Å². The molecule has 0 N–H and O–H groups in total. The molecular formula is C40H43IrN3OSi-2. The number of hydrogen-bond donors (Lipinski definition) is 0. The average molecular weight is 808 g/mol. The van der Waals surface area contributed by atoms with Crippen LogP contribution in [-0.4, -0.2) is 23.0 Å². The van der Waals surface area contributed by atoms with Crippen LogP contribution in [0.2, 0.25) is 19.6 Å². The van der Waals surface area contributed by atoms with Gasteiger partial charge in [0.15, 0.2) is 0 Å². The summed E-state index contributed by atoms with van der Waals surface area (Å²) in [6.45, 7) is 8.33. The van der Waals surface area contributed by atoms with Crippen molar-refractivity contribution in [1.82, 2.24) is 15.0 Å². The molecule has 239 valence electrons. The minimum Gasteiger partial charge on any atom is -0.486 e. The molecule has 6 heteroatoms. The molecule has 4 nitrogen and oxygen atoms in total. The number of benzene rings is 2. The van der Waals surface area contributed by atoms with Gasteiger partial charge in [0, 0.05) is 52.3 Å². The van der Waals surface area contributed by atoms with Crippen LogP contribution in [0.5, 0.6) is 0 Å². The predicted molar refractivity (Wildman–Crippen MR) is 190 cm³/mol. The number of rotatable bonds is 6. The number of aryl methyl sites for hydroxylation is 1. The first-order chi connectivity index (χ1) is 24.0. The molecular weight excluding hydrogens is 759 g/mol. The van der Waals surface area contributed by atoms with Gasteiger partial charge in [0.2, 0.25) is 5.71 Å². The van der Waals surface area contributed by atoms with Crippen LogP contribution in [0.3, 0.4) is 0 Å². The van der Waals surface area contributed by atoms with Crippen molar-refractivity contribution in [3.8, 4) is 22.5 Å². The number of hydrogen-bond acceptors (Lipinski definition) is 4. The molecule has 46 heavy (non-hydrogen) atoms. The second kappa shape index (κ2) is 14.5. The third kappa shape index (κ3) is 7.41. The second-order valence-electron chi connectivity index (χ2n) is 12.9. The van der Waals surface area contributed by atoms with Gasteiger partial charge in [-0.15, -0.1) is 54.1 Å². The zero-order valence-corrected chi connectivity index (χ0v) is 30.4. The van der Waals surface area contributed by atoms with Crippen LogP contribution >= 0.6 is 0 Å². The summed E-state index contributed by atoms with van der Waals surface area (Å²) in [5, 5.41) is 2.98. The van der Waals surface area contributed by atoms with Crippen LogP contribution in [0.25, 0.3) is 44.6 Å². The van der Waals surface area contributed by atoms with E-state index in [1.54, 1.807) is 12.3 Å². The Labute approximate surface area is 296 Å². The second-order valence-corrected chi connectivity index (χ2v) is 18.0. The van der Waals surface area contributed by atoms with Crippen molar-refractivity contribution in [2.24, 2.45) is 5.92 Å². The van der Waals surface area contributed by atoms with Gasteiger partial charge >= 0.3 is 0 Å². The summed E-state index contributed by atoms with van der Waals surface area (Å²) in [4.78, 5) is 13.3. The van der Waals surface area contributed by atoms with Gasteiger partial charge in [0.25, 0.3) is 0 Å². The Kier molecular flexibility index (Phi) is 8.41. The van der Waals surface area contributed by atoms with Crippen molar-refractivity contribution in [3.05, 3.63) is 108 Å². The van der Waals surface area contributed by atoms with Crippen molar-refractivity contribution in [1.29, 1.82) is 0 Å². The van der Waals surface area contributed by atoms with Crippen molar-refractivity contribution in [2.75, 3.05) is 0 Å². The Morgan fingerprint density at radius 3 is 2.48 bits per heavy atom. The van der Waals surface area contributed by atoms with E-state index >= 15 is 0 Å². The van der Waals surface area contributed by atoms with Gasteiger partial charge in [-0.1, -0.05) is 93.4 Å². The maximum absolute atomic E-state index is 8.71. The predicted octanol–water partition coefficient (Wildman–Crippen LogP) is 10.1. The van der Waals surface area contributed by atoms with Crippen molar-refractivity contribution in [2.45, 2.75) is 78.3 Å². The van der Waals surface area contributed by atoms with Crippen LogP contribution in [0, 0.1) is 24.9 Å². The Morgan fingerprint density at radius 2 is 1.76 bits per heavy atom. The third-order valence-corrected chi connectivity index (χ3v) is 10.3. The summed E-state index contributed by atoms with van der Waals surface area (Å²) in [6, 6.07) is 25.1. The smallest absolute Gasteiger partial charge is 0.216 e. The fourth-order valence-corrected chi connectivity index (χ4v) is 7.51. The van der Waals surface area contributed by atoms with Crippen molar-refractivity contribution >= 4 is 35.3 Å². The zero-order valence-electron chi connectivity index (χ0n) is 33.0. The summed E-state index contributed by atoms with van der Waals surface area (Å²) in [7, 11) is -1.50. The molecule has 1 radical (unpaired) electrons. The van der Waals surface area contributed by atoms with Crippen LogP contribution < -0.4 is 5.19 Å². The molecule has 0 amide bonds. The Hall–Kier alpha value is -3.44. The van der Waals surface area contributed by atoms with E-state index in [1.165, 1.54) is 17.4 Å². The minimum absolute atomic E-state index is 0. The molecule has 1 saturated carbocycles. The molecule has 1 aliphatic rings. The van der Waals surface area contributed by atoms with E-state index in [9.17, 15) is 0 Å². The summed E-state index contributed by atoms with van der Waals surface area (Å²) in [5.74, 6) is -0.806. The molecule has 1 fully saturated rings. The first-order valence-corrected chi connectivity index (χ1v) is 19.1. The molecule has 0 aliphatic heterocycles. The van der Waals surface area contributed by atoms with Gasteiger partial charge in [-0.3, -0.25) is 0 Å².